The minimum absolute atomic E-state index is 0.940. The molecule has 0 saturated carbocycles. The Morgan fingerprint density at radius 1 is 1.25 bits per heavy atom. The lowest BCUT2D eigenvalue weighted by molar-refractivity contribution is 0.613. The lowest BCUT2D eigenvalue weighted by Crippen LogP contribution is -1.74. The smallest absolute Gasteiger partial charge is 0.139 e. The fourth-order valence-corrected chi connectivity index (χ4v) is 1.03. The number of fused-ring (bicyclic) bond motifs is 1. The molecule has 0 amide bonds. The maximum Gasteiger partial charge on any atom is 0.139 e. The summed E-state index contributed by atoms with van der Waals surface area (Å²) >= 11 is 0. The SMILES string of the molecule is CC.Cc1cncc2ccoc12. The van der Waals surface area contributed by atoms with Crippen LogP contribution in [0.5, 0.6) is 0 Å². The monoisotopic (exact) mass is 163 g/mol. The van der Waals surface area contributed by atoms with Gasteiger partial charge in [0.25, 0.3) is 0 Å². The van der Waals surface area contributed by atoms with E-state index in [4.69, 9.17) is 4.42 Å². The van der Waals surface area contributed by atoms with Gasteiger partial charge in [-0.05, 0) is 13.0 Å². The summed E-state index contributed by atoms with van der Waals surface area (Å²) in [4.78, 5) is 4.02. The summed E-state index contributed by atoms with van der Waals surface area (Å²) in [6.07, 6.45) is 5.27. The van der Waals surface area contributed by atoms with Crippen LogP contribution in [0.2, 0.25) is 0 Å². The summed E-state index contributed by atoms with van der Waals surface area (Å²) in [5.74, 6) is 0. The molecule has 64 valence electrons. The van der Waals surface area contributed by atoms with Crippen LogP contribution < -0.4 is 0 Å². The number of aromatic nitrogens is 1. The van der Waals surface area contributed by atoms with E-state index in [-0.39, 0.29) is 0 Å². The molecule has 0 radical (unpaired) electrons. The van der Waals surface area contributed by atoms with Gasteiger partial charge in [-0.25, -0.2) is 0 Å². The van der Waals surface area contributed by atoms with Gasteiger partial charge in [-0.1, -0.05) is 13.8 Å². The molecular formula is C10H13NO. The van der Waals surface area contributed by atoms with Crippen LogP contribution in [-0.4, -0.2) is 4.98 Å². The third kappa shape index (κ3) is 1.47. The Morgan fingerprint density at radius 3 is 2.67 bits per heavy atom. The lowest BCUT2D eigenvalue weighted by atomic mass is 10.2. The molecule has 2 aromatic heterocycles. The number of rotatable bonds is 0. The van der Waals surface area contributed by atoms with Crippen molar-refractivity contribution in [2.75, 3.05) is 0 Å². The Hall–Kier alpha value is -1.31. The first-order chi connectivity index (χ1) is 5.88. The van der Waals surface area contributed by atoms with Gasteiger partial charge < -0.3 is 4.42 Å². The zero-order chi connectivity index (χ0) is 8.97. The van der Waals surface area contributed by atoms with Gasteiger partial charge >= 0.3 is 0 Å². The maximum absolute atomic E-state index is 5.21. The molecule has 2 heteroatoms. The zero-order valence-electron chi connectivity index (χ0n) is 7.66. The van der Waals surface area contributed by atoms with Crippen LogP contribution in [0.25, 0.3) is 11.0 Å². The molecule has 0 fully saturated rings. The van der Waals surface area contributed by atoms with Crippen LogP contribution in [0, 0.1) is 6.92 Å². The second kappa shape index (κ2) is 3.90. The van der Waals surface area contributed by atoms with Crippen LogP contribution in [0.4, 0.5) is 0 Å². The van der Waals surface area contributed by atoms with E-state index in [0.717, 1.165) is 16.5 Å². The van der Waals surface area contributed by atoms with E-state index < -0.39 is 0 Å². The van der Waals surface area contributed by atoms with Crippen molar-refractivity contribution in [3.05, 3.63) is 30.3 Å². The van der Waals surface area contributed by atoms with E-state index in [0.29, 0.717) is 0 Å². The number of furan rings is 1. The predicted octanol–water partition coefficient (Wildman–Crippen LogP) is 3.16. The van der Waals surface area contributed by atoms with Gasteiger partial charge in [0.2, 0.25) is 0 Å². The Bertz CT molecular complexity index is 351. The number of pyridine rings is 1. The standard InChI is InChI=1S/C8H7NO.C2H6/c1-6-4-9-5-7-2-3-10-8(6)7;1-2/h2-5H,1H3;1-2H3. The molecule has 0 unspecified atom stereocenters. The molecule has 0 bridgehead atoms. The van der Waals surface area contributed by atoms with Gasteiger partial charge in [0, 0.05) is 23.3 Å². The summed E-state index contributed by atoms with van der Waals surface area (Å²) in [5, 5.41) is 1.07. The van der Waals surface area contributed by atoms with Crippen molar-refractivity contribution in [1.29, 1.82) is 0 Å². The minimum Gasteiger partial charge on any atom is -0.464 e. The van der Waals surface area contributed by atoms with E-state index in [1.165, 1.54) is 0 Å². The Balaban J connectivity index is 0.000000336. The number of nitrogens with zero attached hydrogens (tertiary/aromatic N) is 1. The Kier molecular flexibility index (Phi) is 2.86. The summed E-state index contributed by atoms with van der Waals surface area (Å²) in [5.41, 5.74) is 2.03. The normalized spacial score (nSPS) is 9.25. The highest BCUT2D eigenvalue weighted by Crippen LogP contribution is 2.16. The molecule has 2 rings (SSSR count). The molecule has 2 heterocycles. The Labute approximate surface area is 72.2 Å². The van der Waals surface area contributed by atoms with Crippen LogP contribution in [-0.2, 0) is 0 Å². The van der Waals surface area contributed by atoms with Crippen LogP contribution in [0.3, 0.4) is 0 Å². The molecule has 12 heavy (non-hydrogen) atoms. The summed E-state index contributed by atoms with van der Waals surface area (Å²) in [6.45, 7) is 5.98. The summed E-state index contributed by atoms with van der Waals surface area (Å²) in [6, 6.07) is 1.91. The van der Waals surface area contributed by atoms with Crippen molar-refractivity contribution in [3.63, 3.8) is 0 Å². The highest BCUT2D eigenvalue weighted by molar-refractivity contribution is 5.78. The average molecular weight is 163 g/mol. The third-order valence-corrected chi connectivity index (χ3v) is 1.54. The zero-order valence-corrected chi connectivity index (χ0v) is 7.66. The fourth-order valence-electron chi connectivity index (χ4n) is 1.03. The first kappa shape index (κ1) is 8.78. The molecule has 0 aliphatic rings. The molecule has 0 N–H and O–H groups in total. The van der Waals surface area contributed by atoms with Crippen molar-refractivity contribution < 1.29 is 4.42 Å². The van der Waals surface area contributed by atoms with Gasteiger partial charge in [0.05, 0.1) is 6.26 Å². The van der Waals surface area contributed by atoms with E-state index in [2.05, 4.69) is 4.98 Å². The van der Waals surface area contributed by atoms with Gasteiger partial charge in [-0.3, -0.25) is 4.98 Å². The van der Waals surface area contributed by atoms with E-state index in [1.807, 2.05) is 26.8 Å². The van der Waals surface area contributed by atoms with Gasteiger partial charge in [-0.2, -0.15) is 0 Å². The topological polar surface area (TPSA) is 26.0 Å². The van der Waals surface area contributed by atoms with Crippen LogP contribution in [0.1, 0.15) is 19.4 Å². The molecule has 0 spiro atoms. The van der Waals surface area contributed by atoms with Crippen molar-refractivity contribution >= 4 is 11.0 Å². The van der Waals surface area contributed by atoms with E-state index >= 15 is 0 Å². The quantitative estimate of drug-likeness (QED) is 0.596. The minimum atomic E-state index is 0.940. The van der Waals surface area contributed by atoms with Crippen molar-refractivity contribution in [2.24, 2.45) is 0 Å². The molecule has 2 aromatic rings. The molecule has 0 atom stereocenters. The molecule has 2 nitrogen and oxygen atoms in total. The third-order valence-electron chi connectivity index (χ3n) is 1.54. The second-order valence-corrected chi connectivity index (χ2v) is 2.30. The predicted molar refractivity (Wildman–Crippen MR) is 50.1 cm³/mol. The average Bonchev–Trinajstić information content (AvgIpc) is 2.57. The highest BCUT2D eigenvalue weighted by atomic mass is 16.3. The summed E-state index contributed by atoms with van der Waals surface area (Å²) in [7, 11) is 0. The first-order valence-corrected chi connectivity index (χ1v) is 4.16. The fraction of sp³-hybridized carbons (Fsp3) is 0.300. The number of aryl methyl sites for hydroxylation is 1. The summed E-state index contributed by atoms with van der Waals surface area (Å²) < 4.78 is 5.21. The van der Waals surface area contributed by atoms with Crippen molar-refractivity contribution in [2.45, 2.75) is 20.8 Å². The molecule has 0 aliphatic heterocycles. The lowest BCUT2D eigenvalue weighted by Gasteiger charge is -1.89. The molecule has 0 saturated heterocycles. The van der Waals surface area contributed by atoms with Crippen molar-refractivity contribution in [3.8, 4) is 0 Å². The van der Waals surface area contributed by atoms with Crippen molar-refractivity contribution in [1.82, 2.24) is 4.98 Å². The highest BCUT2D eigenvalue weighted by Gasteiger charge is 1.97. The second-order valence-electron chi connectivity index (χ2n) is 2.30. The van der Waals surface area contributed by atoms with Crippen LogP contribution in [0.15, 0.2) is 29.1 Å². The van der Waals surface area contributed by atoms with E-state index in [1.54, 1.807) is 18.7 Å². The molecule has 0 aliphatic carbocycles. The molecular weight excluding hydrogens is 150 g/mol. The Morgan fingerprint density at radius 2 is 2.00 bits per heavy atom. The van der Waals surface area contributed by atoms with Gasteiger partial charge in [0.15, 0.2) is 0 Å². The molecule has 0 aromatic carbocycles. The largest absolute Gasteiger partial charge is 0.464 e. The van der Waals surface area contributed by atoms with Gasteiger partial charge in [0.1, 0.15) is 5.58 Å². The number of hydrogen-bond donors (Lipinski definition) is 0. The van der Waals surface area contributed by atoms with Crippen LogP contribution >= 0.6 is 0 Å². The maximum atomic E-state index is 5.21. The number of hydrogen-bond acceptors (Lipinski definition) is 2. The van der Waals surface area contributed by atoms with Gasteiger partial charge in [-0.15, -0.1) is 0 Å². The van der Waals surface area contributed by atoms with E-state index in [9.17, 15) is 0 Å². The first-order valence-electron chi connectivity index (χ1n) is 4.16.